The lowest BCUT2D eigenvalue weighted by molar-refractivity contribution is -0.141. The summed E-state index contributed by atoms with van der Waals surface area (Å²) in [5, 5.41) is 4.29. The van der Waals surface area contributed by atoms with E-state index in [1.165, 1.54) is 7.11 Å². The highest BCUT2D eigenvalue weighted by Gasteiger charge is 2.10. The zero-order valence-electron chi connectivity index (χ0n) is 9.88. The Morgan fingerprint density at radius 1 is 1.35 bits per heavy atom. The van der Waals surface area contributed by atoms with E-state index >= 15 is 0 Å². The Hall–Kier alpha value is -2.10. The number of hydrogen-bond donors (Lipinski definition) is 0. The molecule has 2 rings (SSSR count). The highest BCUT2D eigenvalue weighted by atomic mass is 16.5. The Kier molecular flexibility index (Phi) is 3.23. The Bertz CT molecular complexity index is 517. The number of esters is 1. The van der Waals surface area contributed by atoms with Gasteiger partial charge in [0.05, 0.1) is 18.5 Å². The topological polar surface area (TPSA) is 44.1 Å². The standard InChI is InChI=1S/C13H14N2O2/c1-10-8-12(11-6-4-3-5-7-11)15(14-10)9-13(16)17-2/h3-8H,9H2,1-2H3. The second-order valence-corrected chi connectivity index (χ2v) is 3.77. The fourth-order valence-corrected chi connectivity index (χ4v) is 1.69. The van der Waals surface area contributed by atoms with Crippen LogP contribution in [0.1, 0.15) is 5.69 Å². The molecular formula is C13H14N2O2. The summed E-state index contributed by atoms with van der Waals surface area (Å²) in [6, 6.07) is 11.8. The molecule has 4 nitrogen and oxygen atoms in total. The van der Waals surface area contributed by atoms with Gasteiger partial charge in [-0.05, 0) is 18.6 Å². The van der Waals surface area contributed by atoms with Crippen LogP contribution in [0, 0.1) is 6.92 Å². The number of aromatic nitrogens is 2. The third kappa shape index (κ3) is 2.53. The lowest BCUT2D eigenvalue weighted by Gasteiger charge is -2.05. The molecule has 17 heavy (non-hydrogen) atoms. The molecule has 0 spiro atoms. The van der Waals surface area contributed by atoms with E-state index in [2.05, 4.69) is 9.84 Å². The maximum Gasteiger partial charge on any atom is 0.327 e. The van der Waals surface area contributed by atoms with Crippen LogP contribution in [0.3, 0.4) is 0 Å². The SMILES string of the molecule is COC(=O)Cn1nc(C)cc1-c1ccccc1. The molecule has 0 aliphatic heterocycles. The van der Waals surface area contributed by atoms with Crippen molar-refractivity contribution in [1.29, 1.82) is 0 Å². The van der Waals surface area contributed by atoms with Crippen molar-refractivity contribution in [2.75, 3.05) is 7.11 Å². The van der Waals surface area contributed by atoms with Crippen molar-refractivity contribution in [3.05, 3.63) is 42.1 Å². The van der Waals surface area contributed by atoms with Gasteiger partial charge in [0.2, 0.25) is 0 Å². The van der Waals surface area contributed by atoms with Gasteiger partial charge in [0.1, 0.15) is 6.54 Å². The molecule has 2 aromatic rings. The predicted octanol–water partition coefficient (Wildman–Crippen LogP) is 2.03. The third-order valence-electron chi connectivity index (χ3n) is 2.48. The lowest BCUT2D eigenvalue weighted by atomic mass is 10.1. The molecule has 0 aliphatic rings. The zero-order chi connectivity index (χ0) is 12.3. The molecule has 0 saturated heterocycles. The molecule has 0 atom stereocenters. The summed E-state index contributed by atoms with van der Waals surface area (Å²) in [4.78, 5) is 11.3. The fraction of sp³-hybridized carbons (Fsp3) is 0.231. The number of aryl methyl sites for hydroxylation is 1. The van der Waals surface area contributed by atoms with Crippen LogP contribution in [-0.4, -0.2) is 22.9 Å². The second kappa shape index (κ2) is 4.82. The minimum Gasteiger partial charge on any atom is -0.468 e. The fourth-order valence-electron chi connectivity index (χ4n) is 1.69. The summed E-state index contributed by atoms with van der Waals surface area (Å²) >= 11 is 0. The van der Waals surface area contributed by atoms with Gasteiger partial charge in [-0.15, -0.1) is 0 Å². The van der Waals surface area contributed by atoms with E-state index in [9.17, 15) is 4.79 Å². The van der Waals surface area contributed by atoms with Gasteiger partial charge in [0.25, 0.3) is 0 Å². The maximum atomic E-state index is 11.3. The van der Waals surface area contributed by atoms with E-state index in [0.717, 1.165) is 17.0 Å². The number of carbonyl (C=O) groups is 1. The van der Waals surface area contributed by atoms with E-state index < -0.39 is 0 Å². The number of nitrogens with zero attached hydrogens (tertiary/aromatic N) is 2. The molecule has 0 saturated carbocycles. The van der Waals surface area contributed by atoms with Gasteiger partial charge in [-0.25, -0.2) is 0 Å². The molecule has 0 bridgehead atoms. The van der Waals surface area contributed by atoms with Crippen LogP contribution in [0.15, 0.2) is 36.4 Å². The van der Waals surface area contributed by atoms with Crippen molar-refractivity contribution >= 4 is 5.97 Å². The molecule has 0 fully saturated rings. The lowest BCUT2D eigenvalue weighted by Crippen LogP contribution is -2.13. The van der Waals surface area contributed by atoms with E-state index in [0.29, 0.717) is 0 Å². The van der Waals surface area contributed by atoms with Crippen molar-refractivity contribution in [3.63, 3.8) is 0 Å². The molecule has 0 amide bonds. The van der Waals surface area contributed by atoms with Gasteiger partial charge >= 0.3 is 5.97 Å². The minimum absolute atomic E-state index is 0.133. The smallest absolute Gasteiger partial charge is 0.327 e. The molecule has 0 N–H and O–H groups in total. The van der Waals surface area contributed by atoms with Crippen LogP contribution in [0.5, 0.6) is 0 Å². The predicted molar refractivity (Wildman–Crippen MR) is 64.4 cm³/mol. The third-order valence-corrected chi connectivity index (χ3v) is 2.48. The Morgan fingerprint density at radius 2 is 2.06 bits per heavy atom. The molecule has 0 aliphatic carbocycles. The summed E-state index contributed by atoms with van der Waals surface area (Å²) < 4.78 is 6.32. The largest absolute Gasteiger partial charge is 0.468 e. The highest BCUT2D eigenvalue weighted by Crippen LogP contribution is 2.19. The van der Waals surface area contributed by atoms with Gasteiger partial charge < -0.3 is 4.74 Å². The van der Waals surface area contributed by atoms with Crippen LogP contribution in [0.25, 0.3) is 11.3 Å². The second-order valence-electron chi connectivity index (χ2n) is 3.77. The van der Waals surface area contributed by atoms with Crippen molar-refractivity contribution < 1.29 is 9.53 Å². The quantitative estimate of drug-likeness (QED) is 0.758. The Balaban J connectivity index is 2.37. The molecular weight excluding hydrogens is 216 g/mol. The first-order valence-corrected chi connectivity index (χ1v) is 5.37. The first-order chi connectivity index (χ1) is 8.20. The molecule has 0 unspecified atom stereocenters. The van der Waals surface area contributed by atoms with Crippen LogP contribution in [0.4, 0.5) is 0 Å². The van der Waals surface area contributed by atoms with Crippen LogP contribution < -0.4 is 0 Å². The zero-order valence-corrected chi connectivity index (χ0v) is 9.88. The first-order valence-electron chi connectivity index (χ1n) is 5.37. The van der Waals surface area contributed by atoms with Crippen LogP contribution >= 0.6 is 0 Å². The molecule has 1 aromatic heterocycles. The Morgan fingerprint density at radius 3 is 2.71 bits per heavy atom. The Labute approximate surface area is 99.8 Å². The van der Waals surface area contributed by atoms with Crippen molar-refractivity contribution in [2.24, 2.45) is 0 Å². The van der Waals surface area contributed by atoms with Gasteiger partial charge in [-0.3, -0.25) is 9.48 Å². The summed E-state index contributed by atoms with van der Waals surface area (Å²) in [5.74, 6) is -0.301. The first kappa shape index (κ1) is 11.4. The number of ether oxygens (including phenoxy) is 1. The average molecular weight is 230 g/mol. The number of rotatable bonds is 3. The van der Waals surface area contributed by atoms with E-state index in [1.54, 1.807) is 4.68 Å². The van der Waals surface area contributed by atoms with E-state index in [4.69, 9.17) is 0 Å². The number of carbonyl (C=O) groups excluding carboxylic acids is 1. The number of hydrogen-bond acceptors (Lipinski definition) is 3. The van der Waals surface area contributed by atoms with Crippen molar-refractivity contribution in [2.45, 2.75) is 13.5 Å². The summed E-state index contributed by atoms with van der Waals surface area (Å²) in [5.41, 5.74) is 2.85. The maximum absolute atomic E-state index is 11.3. The average Bonchev–Trinajstić information content (AvgIpc) is 2.71. The van der Waals surface area contributed by atoms with E-state index in [-0.39, 0.29) is 12.5 Å². The van der Waals surface area contributed by atoms with Gasteiger partial charge in [-0.2, -0.15) is 5.10 Å². The number of methoxy groups -OCH3 is 1. The molecule has 4 heteroatoms. The normalized spacial score (nSPS) is 10.2. The van der Waals surface area contributed by atoms with Gasteiger partial charge in [-0.1, -0.05) is 30.3 Å². The minimum atomic E-state index is -0.301. The van der Waals surface area contributed by atoms with Crippen LogP contribution in [-0.2, 0) is 16.1 Å². The summed E-state index contributed by atoms with van der Waals surface area (Å²) in [7, 11) is 1.38. The van der Waals surface area contributed by atoms with Crippen molar-refractivity contribution in [1.82, 2.24) is 9.78 Å². The molecule has 0 radical (unpaired) electrons. The summed E-state index contributed by atoms with van der Waals surface area (Å²) in [6.07, 6.45) is 0. The molecule has 88 valence electrons. The van der Waals surface area contributed by atoms with Gasteiger partial charge in [0.15, 0.2) is 0 Å². The molecule has 1 aromatic carbocycles. The van der Waals surface area contributed by atoms with Crippen molar-refractivity contribution in [3.8, 4) is 11.3 Å². The van der Waals surface area contributed by atoms with E-state index in [1.807, 2.05) is 43.3 Å². The molecule has 1 heterocycles. The monoisotopic (exact) mass is 230 g/mol. The number of benzene rings is 1. The highest BCUT2D eigenvalue weighted by molar-refractivity contribution is 5.70. The van der Waals surface area contributed by atoms with Crippen LogP contribution in [0.2, 0.25) is 0 Å². The summed E-state index contributed by atoms with van der Waals surface area (Å²) in [6.45, 7) is 2.04. The van der Waals surface area contributed by atoms with Gasteiger partial charge in [0, 0.05) is 0 Å².